The Morgan fingerprint density at radius 2 is 1.81 bits per heavy atom. The molecule has 1 saturated carbocycles. The van der Waals surface area contributed by atoms with E-state index in [-0.39, 0.29) is 11.8 Å². The van der Waals surface area contributed by atoms with Gasteiger partial charge in [0.2, 0.25) is 0 Å². The second kappa shape index (κ2) is 15.5. The minimum Gasteiger partial charge on any atom is -0.481 e. The average Bonchev–Trinajstić information content (AvgIpc) is 2.82. The van der Waals surface area contributed by atoms with Gasteiger partial charge in [-0.25, -0.2) is 0 Å². The van der Waals surface area contributed by atoms with Crippen LogP contribution in [0.4, 0.5) is 0 Å². The van der Waals surface area contributed by atoms with Gasteiger partial charge >= 0.3 is 5.97 Å². The zero-order valence-electron chi connectivity index (χ0n) is 24.8. The maximum absolute atomic E-state index is 12.4. The molecule has 0 saturated heterocycles. The number of allylic oxidation sites excluding steroid dienone is 1. The van der Waals surface area contributed by atoms with E-state index in [4.69, 9.17) is 5.10 Å². The van der Waals surface area contributed by atoms with Crippen LogP contribution >= 0.6 is 0 Å². The number of aliphatic carboxylic acids is 1. The molecule has 0 bridgehead atoms. The molecule has 1 aromatic rings. The molecule has 0 aromatic heterocycles. The fraction of sp³-hybridized carbons (Fsp3) is 0.688. The lowest BCUT2D eigenvalue weighted by atomic mass is 9.65. The Morgan fingerprint density at radius 3 is 2.41 bits per heavy atom. The lowest BCUT2D eigenvalue weighted by molar-refractivity contribution is -0.144. The third kappa shape index (κ3) is 11.2. The van der Waals surface area contributed by atoms with Crippen molar-refractivity contribution >= 4 is 19.8 Å². The number of carbonyl (C=O) groups is 1. The molecule has 0 aliphatic heterocycles. The molecule has 37 heavy (non-hydrogen) atoms. The van der Waals surface area contributed by atoms with Crippen molar-refractivity contribution in [2.75, 3.05) is 14.1 Å². The summed E-state index contributed by atoms with van der Waals surface area (Å²) in [5, 5.41) is 17.0. The Labute approximate surface area is 228 Å². The van der Waals surface area contributed by atoms with E-state index in [1.54, 1.807) is 0 Å². The standard InChI is InChI=1S/C32H54N2O2Si/c1-8-9-19-30(32(35)36)29-22-20-25(2)28(31(29)24-37(5,6)7)23-21-27(33-34(3)4)18-14-13-17-26-15-11-10-12-16-26/h10-12,15-16,24-25,28-30H,8-9,13-14,17-23H2,1-7H3,(H,35,36)/b31-24+,33-27+/t25-,28+,29+,30+/m1/s1. The van der Waals surface area contributed by atoms with Gasteiger partial charge in [0.1, 0.15) is 0 Å². The van der Waals surface area contributed by atoms with Crippen LogP contribution in [0.15, 0.2) is 46.7 Å². The highest BCUT2D eigenvalue weighted by atomic mass is 28.3. The van der Waals surface area contributed by atoms with Crippen molar-refractivity contribution in [3.05, 3.63) is 47.2 Å². The van der Waals surface area contributed by atoms with Crippen LogP contribution in [0.1, 0.15) is 83.6 Å². The molecule has 1 N–H and O–H groups in total. The van der Waals surface area contributed by atoms with Gasteiger partial charge in [0.15, 0.2) is 0 Å². The minimum absolute atomic E-state index is 0.192. The van der Waals surface area contributed by atoms with Gasteiger partial charge in [0.25, 0.3) is 0 Å². The maximum atomic E-state index is 12.4. The summed E-state index contributed by atoms with van der Waals surface area (Å²) in [6.07, 6.45) is 11.6. The van der Waals surface area contributed by atoms with Crippen LogP contribution in [-0.4, -0.2) is 44.0 Å². The van der Waals surface area contributed by atoms with E-state index in [1.165, 1.54) is 23.3 Å². The largest absolute Gasteiger partial charge is 0.481 e. The highest BCUT2D eigenvalue weighted by Gasteiger charge is 2.39. The molecule has 0 radical (unpaired) electrons. The molecule has 4 atom stereocenters. The predicted octanol–water partition coefficient (Wildman–Crippen LogP) is 8.45. The molecule has 4 nitrogen and oxygen atoms in total. The fourth-order valence-corrected chi connectivity index (χ4v) is 7.49. The topological polar surface area (TPSA) is 52.9 Å². The normalized spacial score (nSPS) is 22.7. The smallest absolute Gasteiger partial charge is 0.307 e. The summed E-state index contributed by atoms with van der Waals surface area (Å²) in [7, 11) is 2.53. The first-order valence-electron chi connectivity index (χ1n) is 14.7. The number of aryl methyl sites for hydroxylation is 1. The van der Waals surface area contributed by atoms with Crippen molar-refractivity contribution in [3.8, 4) is 0 Å². The molecule has 208 valence electrons. The zero-order chi connectivity index (χ0) is 27.4. The summed E-state index contributed by atoms with van der Waals surface area (Å²) in [6.45, 7) is 11.7. The highest BCUT2D eigenvalue weighted by Crippen LogP contribution is 2.46. The maximum Gasteiger partial charge on any atom is 0.307 e. The molecule has 1 aliphatic rings. The van der Waals surface area contributed by atoms with E-state index in [1.807, 2.05) is 19.1 Å². The molecule has 2 rings (SSSR count). The van der Waals surface area contributed by atoms with Gasteiger partial charge in [-0.05, 0) is 81.1 Å². The first-order chi connectivity index (χ1) is 17.5. The van der Waals surface area contributed by atoms with Gasteiger partial charge in [-0.1, -0.05) is 87.9 Å². The molecule has 5 heteroatoms. The second-order valence-corrected chi connectivity index (χ2v) is 17.6. The minimum atomic E-state index is -1.50. The molecule has 0 unspecified atom stereocenters. The zero-order valence-corrected chi connectivity index (χ0v) is 25.8. The van der Waals surface area contributed by atoms with Gasteiger partial charge in [-0.3, -0.25) is 4.79 Å². The van der Waals surface area contributed by atoms with Crippen LogP contribution in [0, 0.1) is 23.7 Å². The summed E-state index contributed by atoms with van der Waals surface area (Å²) in [6, 6.07) is 10.8. The molecule has 0 spiro atoms. The van der Waals surface area contributed by atoms with E-state index in [9.17, 15) is 9.90 Å². The van der Waals surface area contributed by atoms with Crippen LogP contribution in [0.2, 0.25) is 19.6 Å². The van der Waals surface area contributed by atoms with Crippen molar-refractivity contribution in [2.45, 2.75) is 104 Å². The van der Waals surface area contributed by atoms with Gasteiger partial charge < -0.3 is 10.1 Å². The molecule has 1 aliphatic carbocycles. The van der Waals surface area contributed by atoms with Crippen molar-refractivity contribution in [1.82, 2.24) is 5.01 Å². The molecular formula is C32H54N2O2Si. The summed E-state index contributed by atoms with van der Waals surface area (Å²) >= 11 is 0. The lowest BCUT2D eigenvalue weighted by Gasteiger charge is -2.41. The quantitative estimate of drug-likeness (QED) is 0.108. The number of hydrogen-bond donors (Lipinski definition) is 1. The highest BCUT2D eigenvalue weighted by molar-refractivity contribution is 6.81. The molecule has 0 heterocycles. The van der Waals surface area contributed by atoms with Crippen LogP contribution in [0.25, 0.3) is 0 Å². The Balaban J connectivity index is 2.16. The first kappa shape index (κ1) is 31.3. The van der Waals surface area contributed by atoms with E-state index in [0.717, 1.165) is 64.2 Å². The Kier molecular flexibility index (Phi) is 13.1. The number of carboxylic acids is 1. The van der Waals surface area contributed by atoms with Gasteiger partial charge in [-0.2, -0.15) is 5.10 Å². The second-order valence-electron chi connectivity index (χ2n) is 12.6. The summed E-state index contributed by atoms with van der Waals surface area (Å²) in [5.41, 5.74) is 6.76. The Bertz CT molecular complexity index is 873. The number of hydrogen-bond acceptors (Lipinski definition) is 3. The van der Waals surface area contributed by atoms with Crippen LogP contribution in [0.3, 0.4) is 0 Å². The Hall–Kier alpha value is -1.88. The van der Waals surface area contributed by atoms with E-state index < -0.39 is 14.0 Å². The third-order valence-electron chi connectivity index (χ3n) is 7.86. The molecular weight excluding hydrogens is 472 g/mol. The predicted molar refractivity (Wildman–Crippen MR) is 162 cm³/mol. The number of benzene rings is 1. The van der Waals surface area contributed by atoms with Gasteiger partial charge in [-0.15, -0.1) is 0 Å². The van der Waals surface area contributed by atoms with Crippen molar-refractivity contribution < 1.29 is 9.90 Å². The van der Waals surface area contributed by atoms with Crippen molar-refractivity contribution in [2.24, 2.45) is 28.8 Å². The summed E-state index contributed by atoms with van der Waals surface area (Å²) in [4.78, 5) is 12.4. The van der Waals surface area contributed by atoms with Crippen molar-refractivity contribution in [3.63, 3.8) is 0 Å². The van der Waals surface area contributed by atoms with E-state index >= 15 is 0 Å². The summed E-state index contributed by atoms with van der Waals surface area (Å²) in [5.74, 6) is 0.410. The Morgan fingerprint density at radius 1 is 1.11 bits per heavy atom. The third-order valence-corrected chi connectivity index (χ3v) is 9.06. The number of rotatable bonds is 15. The monoisotopic (exact) mass is 526 g/mol. The average molecular weight is 527 g/mol. The van der Waals surface area contributed by atoms with E-state index in [0.29, 0.717) is 11.8 Å². The fourth-order valence-electron chi connectivity index (χ4n) is 6.07. The van der Waals surface area contributed by atoms with E-state index in [2.05, 4.69) is 69.5 Å². The number of hydrazone groups is 1. The number of unbranched alkanes of at least 4 members (excludes halogenated alkanes) is 2. The van der Waals surface area contributed by atoms with Crippen LogP contribution in [-0.2, 0) is 11.2 Å². The molecule has 1 aromatic carbocycles. The van der Waals surface area contributed by atoms with Gasteiger partial charge in [0.05, 0.1) is 14.0 Å². The van der Waals surface area contributed by atoms with Gasteiger partial charge in [0, 0.05) is 19.8 Å². The molecule has 1 fully saturated rings. The van der Waals surface area contributed by atoms with Crippen LogP contribution in [0.5, 0.6) is 0 Å². The molecule has 0 amide bonds. The summed E-state index contributed by atoms with van der Waals surface area (Å²) < 4.78 is 0. The lowest BCUT2D eigenvalue weighted by Crippen LogP contribution is -2.36. The van der Waals surface area contributed by atoms with Crippen LogP contribution < -0.4 is 0 Å². The SMILES string of the molecule is CCCC[C@H](C(=O)O)[C@@H]1CC[C@@H](C)[C@H](CC/C(CCCCc2ccccc2)=N/N(C)C)/C1=C\[Si](C)(C)C. The first-order valence-corrected chi connectivity index (χ1v) is 18.3. The number of carboxylic acid groups (broad SMARTS) is 1. The number of nitrogens with zero attached hydrogens (tertiary/aromatic N) is 2. The van der Waals surface area contributed by atoms with Crippen molar-refractivity contribution in [1.29, 1.82) is 0 Å².